The van der Waals surface area contributed by atoms with Crippen LogP contribution in [0.5, 0.6) is 0 Å². The fourth-order valence-electron chi connectivity index (χ4n) is 4.03. The van der Waals surface area contributed by atoms with E-state index in [4.69, 9.17) is 11.6 Å². The third-order valence-electron chi connectivity index (χ3n) is 5.70. The number of aromatic nitrogens is 4. The van der Waals surface area contributed by atoms with Crippen molar-refractivity contribution < 1.29 is 31.1 Å². The molecule has 12 heteroatoms. The molecular weight excluding hydrogens is 534 g/mol. The van der Waals surface area contributed by atoms with Crippen molar-refractivity contribution >= 4 is 17.4 Å². The number of benzene rings is 2. The smallest absolute Gasteiger partial charge is 0.288 e. The summed E-state index contributed by atoms with van der Waals surface area (Å²) < 4.78 is 81.3. The van der Waals surface area contributed by atoms with Crippen LogP contribution < -0.4 is 0 Å². The van der Waals surface area contributed by atoms with Gasteiger partial charge in [0.15, 0.2) is 5.78 Å². The molecule has 0 saturated heterocycles. The lowest BCUT2D eigenvalue weighted by molar-refractivity contribution is -0.143. The maximum Gasteiger partial charge on any atom is 0.416 e. The Labute approximate surface area is 218 Å². The van der Waals surface area contributed by atoms with E-state index < -0.39 is 35.8 Å². The van der Waals surface area contributed by atoms with Gasteiger partial charge in [-0.25, -0.2) is 4.68 Å². The van der Waals surface area contributed by atoms with Crippen LogP contribution in [-0.4, -0.2) is 25.8 Å². The number of hydrogen-bond acceptors (Lipinski definition) is 4. The van der Waals surface area contributed by atoms with Crippen molar-refractivity contribution in [1.82, 2.24) is 20.0 Å². The minimum absolute atomic E-state index is 0.0696. The molecule has 0 aliphatic rings. The van der Waals surface area contributed by atoms with Crippen LogP contribution in [0.15, 0.2) is 60.8 Å². The Morgan fingerprint density at radius 2 is 1.50 bits per heavy atom. The molecule has 2 aromatic heterocycles. The van der Waals surface area contributed by atoms with Gasteiger partial charge < -0.3 is 0 Å². The molecule has 198 valence electrons. The van der Waals surface area contributed by atoms with E-state index in [-0.39, 0.29) is 45.1 Å². The maximum absolute atomic E-state index is 13.3. The molecule has 0 saturated carbocycles. The van der Waals surface area contributed by atoms with Crippen LogP contribution in [-0.2, 0) is 18.9 Å². The van der Waals surface area contributed by atoms with Crippen molar-refractivity contribution in [3.05, 3.63) is 99.3 Å². The second kappa shape index (κ2) is 10.2. The van der Waals surface area contributed by atoms with Crippen LogP contribution in [0, 0.1) is 0 Å². The fourth-order valence-corrected chi connectivity index (χ4v) is 4.25. The summed E-state index contributed by atoms with van der Waals surface area (Å²) in [6, 6.07) is 10.9. The topological polar surface area (TPSA) is 60.7 Å². The van der Waals surface area contributed by atoms with E-state index in [1.165, 1.54) is 16.9 Å². The van der Waals surface area contributed by atoms with Gasteiger partial charge in [-0.15, -0.1) is 5.10 Å². The van der Waals surface area contributed by atoms with Gasteiger partial charge in [0.2, 0.25) is 0 Å². The Hall–Kier alpha value is -3.73. The number of alkyl halides is 6. The summed E-state index contributed by atoms with van der Waals surface area (Å²) >= 11 is 6.20. The molecule has 0 bridgehead atoms. The summed E-state index contributed by atoms with van der Waals surface area (Å²) in [7, 11) is 0. The van der Waals surface area contributed by atoms with E-state index in [0.29, 0.717) is 17.8 Å². The summed E-state index contributed by atoms with van der Waals surface area (Å²) in [6.07, 6.45) is -8.52. The number of carbonyl (C=O) groups excluding carboxylic acids is 1. The fraction of sp³-hybridized carbons (Fsp3) is 0.231. The van der Waals surface area contributed by atoms with Crippen LogP contribution in [0.2, 0.25) is 5.02 Å². The SMILES string of the molecule is CC(C)c1c(-c2ncccc2C(=O)c2ccccc2Cl)nnn1Cc1cc(C(F)(F)F)cc(C(F)(F)F)c1. The lowest BCUT2D eigenvalue weighted by atomic mass is 9.97. The predicted octanol–water partition coefficient (Wildman–Crippen LogP) is 7.43. The molecule has 4 rings (SSSR count). The van der Waals surface area contributed by atoms with E-state index in [1.54, 1.807) is 44.2 Å². The number of ketones is 1. The quantitative estimate of drug-likeness (QED) is 0.184. The summed E-state index contributed by atoms with van der Waals surface area (Å²) in [5.41, 5.74) is -2.01. The van der Waals surface area contributed by atoms with Crippen molar-refractivity contribution in [3.63, 3.8) is 0 Å². The molecule has 2 heterocycles. The Morgan fingerprint density at radius 1 is 0.895 bits per heavy atom. The first-order chi connectivity index (χ1) is 17.8. The molecule has 4 aromatic rings. The minimum atomic E-state index is -4.98. The van der Waals surface area contributed by atoms with Crippen LogP contribution in [0.25, 0.3) is 11.4 Å². The van der Waals surface area contributed by atoms with Crippen molar-refractivity contribution in [2.45, 2.75) is 38.7 Å². The Morgan fingerprint density at radius 3 is 2.08 bits per heavy atom. The molecule has 0 amide bonds. The van der Waals surface area contributed by atoms with Gasteiger partial charge in [0.25, 0.3) is 0 Å². The largest absolute Gasteiger partial charge is 0.416 e. The van der Waals surface area contributed by atoms with Gasteiger partial charge in [0, 0.05) is 11.8 Å². The number of pyridine rings is 1. The lowest BCUT2D eigenvalue weighted by Crippen LogP contribution is -2.14. The Bertz CT molecular complexity index is 1460. The van der Waals surface area contributed by atoms with Gasteiger partial charge in [0.1, 0.15) is 11.4 Å². The molecule has 0 radical (unpaired) electrons. The molecule has 0 spiro atoms. The van der Waals surface area contributed by atoms with Crippen molar-refractivity contribution in [2.75, 3.05) is 0 Å². The number of halogens is 7. The first-order valence-electron chi connectivity index (χ1n) is 11.2. The maximum atomic E-state index is 13.3. The van der Waals surface area contributed by atoms with Gasteiger partial charge in [-0.2, -0.15) is 26.3 Å². The third-order valence-corrected chi connectivity index (χ3v) is 6.02. The van der Waals surface area contributed by atoms with Gasteiger partial charge in [-0.1, -0.05) is 42.8 Å². The molecule has 0 fully saturated rings. The number of nitrogens with zero attached hydrogens (tertiary/aromatic N) is 4. The zero-order valence-corrected chi connectivity index (χ0v) is 20.7. The van der Waals surface area contributed by atoms with Crippen LogP contribution in [0.1, 0.15) is 58.1 Å². The molecule has 2 aromatic carbocycles. The Kier molecular flexibility index (Phi) is 7.33. The molecule has 0 atom stereocenters. The van der Waals surface area contributed by atoms with Gasteiger partial charge >= 0.3 is 12.4 Å². The number of carbonyl (C=O) groups is 1. The van der Waals surface area contributed by atoms with Crippen molar-refractivity contribution in [3.8, 4) is 11.4 Å². The summed E-state index contributed by atoms with van der Waals surface area (Å²) in [4.78, 5) is 17.6. The second-order valence-corrected chi connectivity index (χ2v) is 9.17. The van der Waals surface area contributed by atoms with Crippen LogP contribution >= 0.6 is 11.6 Å². The van der Waals surface area contributed by atoms with E-state index in [0.717, 1.165) is 0 Å². The normalized spacial score (nSPS) is 12.3. The highest BCUT2D eigenvalue weighted by molar-refractivity contribution is 6.35. The van der Waals surface area contributed by atoms with E-state index in [1.807, 2.05) is 0 Å². The highest BCUT2D eigenvalue weighted by Gasteiger charge is 2.37. The highest BCUT2D eigenvalue weighted by Crippen LogP contribution is 2.37. The van der Waals surface area contributed by atoms with Gasteiger partial charge in [0.05, 0.1) is 34.0 Å². The molecule has 0 N–H and O–H groups in total. The highest BCUT2D eigenvalue weighted by atomic mass is 35.5. The summed E-state index contributed by atoms with van der Waals surface area (Å²) in [5.74, 6) is -0.770. The average Bonchev–Trinajstić information content (AvgIpc) is 3.26. The molecule has 0 aliphatic heterocycles. The van der Waals surface area contributed by atoms with E-state index in [2.05, 4.69) is 15.3 Å². The monoisotopic (exact) mass is 552 g/mol. The van der Waals surface area contributed by atoms with Crippen LogP contribution in [0.4, 0.5) is 26.3 Å². The lowest BCUT2D eigenvalue weighted by Gasteiger charge is -2.16. The van der Waals surface area contributed by atoms with Gasteiger partial charge in [-0.3, -0.25) is 9.78 Å². The zero-order valence-electron chi connectivity index (χ0n) is 19.9. The summed E-state index contributed by atoms with van der Waals surface area (Å²) in [6.45, 7) is 3.09. The number of rotatable bonds is 6. The van der Waals surface area contributed by atoms with Crippen molar-refractivity contribution in [1.29, 1.82) is 0 Å². The molecule has 5 nitrogen and oxygen atoms in total. The van der Waals surface area contributed by atoms with E-state index >= 15 is 0 Å². The Balaban J connectivity index is 1.81. The molecule has 0 aliphatic carbocycles. The average molecular weight is 553 g/mol. The zero-order chi connectivity index (χ0) is 27.8. The summed E-state index contributed by atoms with van der Waals surface area (Å²) in [5, 5.41) is 8.36. The van der Waals surface area contributed by atoms with Crippen LogP contribution in [0.3, 0.4) is 0 Å². The second-order valence-electron chi connectivity index (χ2n) is 8.76. The van der Waals surface area contributed by atoms with Gasteiger partial charge in [-0.05, 0) is 53.9 Å². The standard InChI is InChI=1S/C26H19ClF6N4O/c1-14(2)23-22(21-19(7-5-9-34-21)24(38)18-6-3-4-8-20(18)27)35-36-37(23)13-15-10-16(25(28,29)30)12-17(11-15)26(31,32)33/h3-12,14H,13H2,1-2H3. The first kappa shape index (κ1) is 27.3. The third kappa shape index (κ3) is 5.57. The predicted molar refractivity (Wildman–Crippen MR) is 128 cm³/mol. The molecular formula is C26H19ClF6N4O. The number of hydrogen-bond donors (Lipinski definition) is 0. The van der Waals surface area contributed by atoms with Crippen molar-refractivity contribution in [2.24, 2.45) is 0 Å². The molecule has 0 unspecified atom stereocenters. The minimum Gasteiger partial charge on any atom is -0.288 e. The van der Waals surface area contributed by atoms with E-state index in [9.17, 15) is 31.1 Å². The molecule has 38 heavy (non-hydrogen) atoms. The first-order valence-corrected chi connectivity index (χ1v) is 11.6.